The van der Waals surface area contributed by atoms with Crippen LogP contribution in [0.25, 0.3) is 0 Å². The number of aromatic amines is 1. The second-order valence-electron chi connectivity index (χ2n) is 5.18. The molecule has 1 unspecified atom stereocenters. The highest BCUT2D eigenvalue weighted by Gasteiger charge is 2.49. The number of aryl methyl sites for hydroxylation is 1. The molecule has 0 radical (unpaired) electrons. The van der Waals surface area contributed by atoms with E-state index in [4.69, 9.17) is 14.5 Å². The Bertz CT molecular complexity index is 795. The Morgan fingerprint density at radius 3 is 2.62 bits per heavy atom. The quantitative estimate of drug-likeness (QED) is 0.361. The molecule has 1 saturated heterocycles. The van der Waals surface area contributed by atoms with E-state index in [1.165, 1.54) is 6.92 Å². The summed E-state index contributed by atoms with van der Waals surface area (Å²) in [6, 6.07) is 0. The third-order valence-corrected chi connectivity index (χ3v) is 3.97. The molecule has 13 heteroatoms. The van der Waals surface area contributed by atoms with Crippen LogP contribution in [0, 0.1) is 12.8 Å². The fraction of sp³-hybridized carbons (Fsp3) is 0.545. The molecule has 2 rings (SSSR count). The maximum atomic E-state index is 11.9. The molecule has 1 aromatic heterocycles. The fourth-order valence-corrected chi connectivity index (χ4v) is 2.68. The van der Waals surface area contributed by atoms with Gasteiger partial charge in [0.2, 0.25) is 0 Å². The van der Waals surface area contributed by atoms with Crippen molar-refractivity contribution in [2.24, 2.45) is 5.92 Å². The van der Waals surface area contributed by atoms with Gasteiger partial charge in [-0.15, -0.1) is 0 Å². The summed E-state index contributed by atoms with van der Waals surface area (Å²) < 4.78 is 21.0. The number of aliphatic carboxylic acids is 1. The third kappa shape index (κ3) is 3.80. The van der Waals surface area contributed by atoms with Gasteiger partial charge in [-0.05, 0) is 6.92 Å². The summed E-state index contributed by atoms with van der Waals surface area (Å²) in [5.74, 6) is -3.11. The van der Waals surface area contributed by atoms with Gasteiger partial charge in [-0.1, -0.05) is 0 Å². The van der Waals surface area contributed by atoms with Gasteiger partial charge in [-0.2, -0.15) is 0 Å². The van der Waals surface area contributed by atoms with Gasteiger partial charge >= 0.3 is 19.5 Å². The molecule has 1 aliphatic heterocycles. The summed E-state index contributed by atoms with van der Waals surface area (Å²) >= 11 is 0. The molecule has 0 aromatic carbocycles. The lowest BCUT2D eigenvalue weighted by molar-refractivity contribution is -0.148. The number of hydrogen-bond donors (Lipinski definition) is 5. The lowest BCUT2D eigenvalue weighted by Gasteiger charge is -2.18. The van der Waals surface area contributed by atoms with Gasteiger partial charge in [-0.3, -0.25) is 23.7 Å². The van der Waals surface area contributed by atoms with E-state index in [1.54, 1.807) is 0 Å². The van der Waals surface area contributed by atoms with Gasteiger partial charge in [0.1, 0.15) is 18.1 Å². The van der Waals surface area contributed by atoms with Crippen molar-refractivity contribution in [3.05, 3.63) is 32.6 Å². The van der Waals surface area contributed by atoms with E-state index >= 15 is 0 Å². The zero-order chi connectivity index (χ0) is 18.2. The largest absolute Gasteiger partial charge is 0.481 e. The maximum absolute atomic E-state index is 11.9. The highest BCUT2D eigenvalue weighted by Crippen LogP contribution is 2.39. The van der Waals surface area contributed by atoms with Crippen LogP contribution in [0.4, 0.5) is 0 Å². The molecule has 2 heterocycles. The average molecular weight is 366 g/mol. The third-order valence-electron chi connectivity index (χ3n) is 3.48. The summed E-state index contributed by atoms with van der Waals surface area (Å²) in [6.45, 7) is 0.590. The highest BCUT2D eigenvalue weighted by molar-refractivity contribution is 7.46. The van der Waals surface area contributed by atoms with E-state index in [0.717, 1.165) is 10.8 Å². The lowest BCUT2D eigenvalue weighted by Crippen LogP contribution is -2.39. The smallest absolute Gasteiger partial charge is 0.469 e. The molecule has 12 nitrogen and oxygen atoms in total. The average Bonchev–Trinajstić information content (AvgIpc) is 2.76. The SMILES string of the molecule is Cc1cn([C@@H]2O[C@H](COP(=O)(O)O)[C@@H](O)C2C(=O)O)c(=O)[nH]c1=O. The fourth-order valence-electron chi connectivity index (χ4n) is 2.33. The number of nitrogens with one attached hydrogen (secondary N) is 1. The van der Waals surface area contributed by atoms with Crippen LogP contribution in [0.15, 0.2) is 15.8 Å². The van der Waals surface area contributed by atoms with Gasteiger partial charge in [0.15, 0.2) is 6.23 Å². The first-order valence-corrected chi connectivity index (χ1v) is 8.13. The van der Waals surface area contributed by atoms with Crippen molar-refractivity contribution < 1.29 is 38.6 Å². The number of phosphoric acid groups is 1. The minimum atomic E-state index is -4.86. The van der Waals surface area contributed by atoms with Crippen molar-refractivity contribution >= 4 is 13.8 Å². The number of nitrogens with zero attached hydrogens (tertiary/aromatic N) is 1. The number of rotatable bonds is 5. The van der Waals surface area contributed by atoms with Crippen molar-refractivity contribution in [2.75, 3.05) is 6.61 Å². The number of aliphatic hydroxyl groups is 1. The number of carboxylic acids is 1. The van der Waals surface area contributed by atoms with Crippen molar-refractivity contribution in [1.82, 2.24) is 9.55 Å². The first-order valence-electron chi connectivity index (χ1n) is 6.60. The molecule has 0 amide bonds. The Morgan fingerprint density at radius 2 is 2.08 bits per heavy atom. The zero-order valence-electron chi connectivity index (χ0n) is 12.2. The van der Waals surface area contributed by atoms with E-state index in [-0.39, 0.29) is 5.56 Å². The molecule has 4 atom stereocenters. The summed E-state index contributed by atoms with van der Waals surface area (Å²) in [7, 11) is -4.86. The first kappa shape index (κ1) is 18.5. The van der Waals surface area contributed by atoms with E-state index in [0.29, 0.717) is 0 Å². The molecule has 1 aromatic rings. The van der Waals surface area contributed by atoms with E-state index in [9.17, 15) is 29.2 Å². The molecular formula is C11H15N2O10P. The number of phosphoric ester groups is 1. The first-order chi connectivity index (χ1) is 11.0. The van der Waals surface area contributed by atoms with Crippen molar-refractivity contribution in [1.29, 1.82) is 0 Å². The normalized spacial score (nSPS) is 27.3. The van der Waals surface area contributed by atoms with Crippen LogP contribution in [0.2, 0.25) is 0 Å². The van der Waals surface area contributed by atoms with Crippen molar-refractivity contribution in [3.8, 4) is 0 Å². The molecule has 0 bridgehead atoms. The number of carbonyl (C=O) groups is 1. The van der Waals surface area contributed by atoms with Crippen LogP contribution in [-0.2, 0) is 18.6 Å². The second-order valence-corrected chi connectivity index (χ2v) is 6.42. The summed E-state index contributed by atoms with van der Waals surface area (Å²) in [5.41, 5.74) is -1.51. The maximum Gasteiger partial charge on any atom is 0.469 e. The number of aromatic nitrogens is 2. The Morgan fingerprint density at radius 1 is 1.46 bits per heavy atom. The Kier molecular flexibility index (Phi) is 5.08. The molecule has 134 valence electrons. The molecule has 1 fully saturated rings. The molecule has 0 saturated carbocycles. The standard InChI is InChI=1S/C11H15N2O10P/c1-4-2-13(11(18)12-8(4)15)9-6(10(16)17)7(14)5(23-9)3-22-24(19,20)21/h2,5-7,9,14H,3H2,1H3,(H,16,17)(H,12,15,18)(H2,19,20,21)/t5-,6?,7-,9-/m1/s1. The van der Waals surface area contributed by atoms with Gasteiger partial charge < -0.3 is 24.7 Å². The van der Waals surface area contributed by atoms with Gasteiger partial charge in [0.25, 0.3) is 5.56 Å². The Hall–Kier alpha value is -1.82. The summed E-state index contributed by atoms with van der Waals surface area (Å²) in [5, 5.41) is 19.3. The minimum Gasteiger partial charge on any atom is -0.481 e. The number of H-pyrrole nitrogens is 1. The topological polar surface area (TPSA) is 188 Å². The molecule has 24 heavy (non-hydrogen) atoms. The molecule has 1 aliphatic rings. The molecule has 0 aliphatic carbocycles. The summed E-state index contributed by atoms with van der Waals surface area (Å²) in [4.78, 5) is 54.0. The van der Waals surface area contributed by atoms with Gasteiger partial charge in [0, 0.05) is 11.8 Å². The molecular weight excluding hydrogens is 351 g/mol. The predicted octanol–water partition coefficient (Wildman–Crippen LogP) is -2.09. The van der Waals surface area contributed by atoms with Gasteiger partial charge in [0.05, 0.1) is 6.61 Å². The molecule has 0 spiro atoms. The minimum absolute atomic E-state index is 0.103. The number of aliphatic hydroxyl groups excluding tert-OH is 1. The van der Waals surface area contributed by atoms with Crippen LogP contribution < -0.4 is 11.2 Å². The van der Waals surface area contributed by atoms with Crippen LogP contribution >= 0.6 is 7.82 Å². The van der Waals surface area contributed by atoms with E-state index < -0.39 is 56.0 Å². The van der Waals surface area contributed by atoms with Crippen molar-refractivity contribution in [2.45, 2.75) is 25.4 Å². The zero-order valence-corrected chi connectivity index (χ0v) is 13.1. The summed E-state index contributed by atoms with van der Waals surface area (Å²) in [6.07, 6.45) is -3.52. The molecule has 5 N–H and O–H groups in total. The Labute approximate surface area is 133 Å². The van der Waals surface area contributed by atoms with E-state index in [2.05, 4.69) is 4.52 Å². The van der Waals surface area contributed by atoms with Crippen LogP contribution in [0.3, 0.4) is 0 Å². The van der Waals surface area contributed by atoms with Crippen LogP contribution in [-0.4, -0.2) is 54.3 Å². The number of ether oxygens (including phenoxy) is 1. The lowest BCUT2D eigenvalue weighted by atomic mass is 10.00. The number of carboxylic acid groups (broad SMARTS) is 1. The highest BCUT2D eigenvalue weighted by atomic mass is 31.2. The van der Waals surface area contributed by atoms with Crippen LogP contribution in [0.1, 0.15) is 11.8 Å². The second kappa shape index (κ2) is 6.59. The predicted molar refractivity (Wildman–Crippen MR) is 75.1 cm³/mol. The van der Waals surface area contributed by atoms with Crippen LogP contribution in [0.5, 0.6) is 0 Å². The van der Waals surface area contributed by atoms with E-state index in [1.807, 2.05) is 4.98 Å². The van der Waals surface area contributed by atoms with Crippen molar-refractivity contribution in [3.63, 3.8) is 0 Å². The monoisotopic (exact) mass is 366 g/mol. The van der Waals surface area contributed by atoms with Gasteiger partial charge in [-0.25, -0.2) is 9.36 Å². The Balaban J connectivity index is 2.36. The number of hydrogen-bond acceptors (Lipinski definition) is 7.